The van der Waals surface area contributed by atoms with E-state index in [0.717, 1.165) is 16.7 Å². The molecule has 6 heteroatoms. The zero-order chi connectivity index (χ0) is 11.7. The monoisotopic (exact) mass is 242 g/mol. The molecule has 1 aromatic carbocycles. The molecule has 1 N–H and O–H groups in total. The number of halogens is 2. The number of amides is 1. The number of carbonyl (C=O) groups is 1. The van der Waals surface area contributed by atoms with Gasteiger partial charge in [0.25, 0.3) is 6.43 Å². The largest absolute Gasteiger partial charge is 0.278 e. The van der Waals surface area contributed by atoms with Crippen molar-refractivity contribution in [1.29, 1.82) is 5.41 Å². The Morgan fingerprint density at radius 3 is 2.62 bits per heavy atom. The highest BCUT2D eigenvalue weighted by molar-refractivity contribution is 8.15. The Morgan fingerprint density at radius 1 is 1.38 bits per heavy atom. The second-order valence-electron chi connectivity index (χ2n) is 3.18. The van der Waals surface area contributed by atoms with Crippen molar-refractivity contribution < 1.29 is 13.6 Å². The van der Waals surface area contributed by atoms with E-state index in [4.69, 9.17) is 5.41 Å². The van der Waals surface area contributed by atoms with Crippen LogP contribution in [0.2, 0.25) is 0 Å². The highest BCUT2D eigenvalue weighted by Gasteiger charge is 2.31. The van der Waals surface area contributed by atoms with Crippen LogP contribution in [0, 0.1) is 5.41 Å². The molecule has 1 aliphatic heterocycles. The van der Waals surface area contributed by atoms with Gasteiger partial charge in [0.05, 0.1) is 11.4 Å². The normalized spacial score (nSPS) is 16.3. The smallest absolute Gasteiger partial charge is 0.265 e. The lowest BCUT2D eigenvalue weighted by Crippen LogP contribution is -2.29. The van der Waals surface area contributed by atoms with Crippen LogP contribution in [0.3, 0.4) is 0 Å². The second-order valence-corrected chi connectivity index (χ2v) is 4.15. The molecule has 0 radical (unpaired) electrons. The fraction of sp³-hybridized carbons (Fsp3) is 0.200. The van der Waals surface area contributed by atoms with Crippen molar-refractivity contribution in [2.75, 3.05) is 10.7 Å². The zero-order valence-corrected chi connectivity index (χ0v) is 8.93. The number of hydrogen-bond acceptors (Lipinski definition) is 3. The van der Waals surface area contributed by atoms with Crippen LogP contribution in [0.1, 0.15) is 12.0 Å². The first-order chi connectivity index (χ1) is 7.61. The number of nitrogens with zero attached hydrogens (tertiary/aromatic N) is 1. The predicted molar refractivity (Wildman–Crippen MR) is 59.1 cm³/mol. The van der Waals surface area contributed by atoms with Gasteiger partial charge in [-0.1, -0.05) is 30.0 Å². The number of alkyl halides is 2. The third-order valence-corrected chi connectivity index (χ3v) is 3.04. The lowest BCUT2D eigenvalue weighted by atomic mass is 10.1. The van der Waals surface area contributed by atoms with E-state index in [-0.39, 0.29) is 28.1 Å². The van der Waals surface area contributed by atoms with Crippen molar-refractivity contribution >= 4 is 28.5 Å². The third-order valence-electron chi connectivity index (χ3n) is 2.20. The van der Waals surface area contributed by atoms with E-state index in [2.05, 4.69) is 0 Å². The minimum absolute atomic E-state index is 0.00176. The number of carbonyl (C=O) groups excluding carboxylic acids is 1. The molecule has 0 saturated carbocycles. The van der Waals surface area contributed by atoms with Crippen LogP contribution in [-0.4, -0.2) is 16.8 Å². The Labute approximate surface area is 94.9 Å². The molecule has 1 aromatic rings. The highest BCUT2D eigenvalue weighted by Crippen LogP contribution is 2.33. The minimum Gasteiger partial charge on any atom is -0.278 e. The molecule has 0 atom stereocenters. The first-order valence-electron chi connectivity index (χ1n) is 4.52. The number of rotatable bonds is 2. The van der Waals surface area contributed by atoms with Gasteiger partial charge >= 0.3 is 0 Å². The Kier molecular flexibility index (Phi) is 2.91. The summed E-state index contributed by atoms with van der Waals surface area (Å²) in [6, 6.07) is 5.76. The Hall–Kier alpha value is -1.43. The molecule has 0 spiro atoms. The van der Waals surface area contributed by atoms with E-state index in [1.165, 1.54) is 18.2 Å². The Bertz CT molecular complexity index is 434. The lowest BCUT2D eigenvalue weighted by Gasteiger charge is -2.18. The van der Waals surface area contributed by atoms with Crippen molar-refractivity contribution in [3.8, 4) is 0 Å². The van der Waals surface area contributed by atoms with Crippen LogP contribution in [0.4, 0.5) is 14.5 Å². The Balaban J connectivity index is 2.47. The number of anilines is 1. The molecule has 2 rings (SSSR count). The van der Waals surface area contributed by atoms with Crippen LogP contribution in [0.25, 0.3) is 0 Å². The van der Waals surface area contributed by atoms with E-state index in [9.17, 15) is 13.6 Å². The average molecular weight is 242 g/mol. The topological polar surface area (TPSA) is 44.2 Å². The maximum Gasteiger partial charge on any atom is 0.265 e. The molecule has 1 fully saturated rings. The van der Waals surface area contributed by atoms with Crippen molar-refractivity contribution in [3.05, 3.63) is 29.8 Å². The van der Waals surface area contributed by atoms with Gasteiger partial charge in [0.15, 0.2) is 5.17 Å². The van der Waals surface area contributed by atoms with Crippen molar-refractivity contribution in [2.24, 2.45) is 0 Å². The van der Waals surface area contributed by atoms with Gasteiger partial charge in [0.1, 0.15) is 0 Å². The zero-order valence-electron chi connectivity index (χ0n) is 8.11. The molecule has 3 nitrogen and oxygen atoms in total. The number of nitrogens with one attached hydrogen (secondary N) is 1. The van der Waals surface area contributed by atoms with Crippen LogP contribution in [0.5, 0.6) is 0 Å². The summed E-state index contributed by atoms with van der Waals surface area (Å²) in [5.41, 5.74) is -0.111. The summed E-state index contributed by atoms with van der Waals surface area (Å²) in [6.45, 7) is 0. The van der Waals surface area contributed by atoms with Gasteiger partial charge in [0, 0.05) is 5.56 Å². The molecule has 1 aliphatic rings. The molecule has 1 amide bonds. The fourth-order valence-electron chi connectivity index (χ4n) is 1.49. The summed E-state index contributed by atoms with van der Waals surface area (Å²) in [5, 5.41) is 7.53. The number of thioether (sulfide) groups is 1. The number of hydrogen-bond donors (Lipinski definition) is 1. The molecule has 0 aromatic heterocycles. The first-order valence-corrected chi connectivity index (χ1v) is 5.51. The molecular formula is C10H8F2N2OS. The molecule has 0 aliphatic carbocycles. The molecule has 1 heterocycles. The number of para-hydroxylation sites is 1. The van der Waals surface area contributed by atoms with Crippen LogP contribution in [-0.2, 0) is 4.79 Å². The first kappa shape index (κ1) is 11.1. The summed E-state index contributed by atoms with van der Waals surface area (Å²) in [5.74, 6) is -0.195. The van der Waals surface area contributed by atoms with Crippen molar-refractivity contribution in [2.45, 2.75) is 6.43 Å². The maximum absolute atomic E-state index is 12.7. The number of benzene rings is 1. The average Bonchev–Trinajstić information content (AvgIpc) is 2.58. The lowest BCUT2D eigenvalue weighted by molar-refractivity contribution is -0.115. The summed E-state index contributed by atoms with van der Waals surface area (Å²) in [7, 11) is 0. The van der Waals surface area contributed by atoms with Gasteiger partial charge in [0.2, 0.25) is 5.91 Å². The van der Waals surface area contributed by atoms with Gasteiger partial charge in [-0.05, 0) is 6.07 Å². The molecule has 16 heavy (non-hydrogen) atoms. The van der Waals surface area contributed by atoms with E-state index in [1.54, 1.807) is 6.07 Å². The molecular weight excluding hydrogens is 234 g/mol. The third kappa shape index (κ3) is 1.80. The van der Waals surface area contributed by atoms with Gasteiger partial charge in [-0.15, -0.1) is 0 Å². The second kappa shape index (κ2) is 4.21. The van der Waals surface area contributed by atoms with Gasteiger partial charge in [-0.3, -0.25) is 15.1 Å². The molecule has 0 bridgehead atoms. The van der Waals surface area contributed by atoms with Crippen molar-refractivity contribution in [3.63, 3.8) is 0 Å². The molecule has 1 saturated heterocycles. The quantitative estimate of drug-likeness (QED) is 0.866. The van der Waals surface area contributed by atoms with E-state index >= 15 is 0 Å². The van der Waals surface area contributed by atoms with Gasteiger partial charge < -0.3 is 0 Å². The SMILES string of the molecule is N=C1SCC(=O)N1c1ccccc1C(F)F. The Morgan fingerprint density at radius 2 is 2.06 bits per heavy atom. The standard InChI is InChI=1S/C10H8F2N2OS/c11-9(12)6-3-1-2-4-7(6)14-8(15)5-16-10(14)13/h1-4,9,13H,5H2. The van der Waals surface area contributed by atoms with E-state index in [1.807, 2.05) is 0 Å². The van der Waals surface area contributed by atoms with Gasteiger partial charge in [-0.2, -0.15) is 0 Å². The minimum atomic E-state index is -2.65. The fourth-order valence-corrected chi connectivity index (χ4v) is 2.21. The highest BCUT2D eigenvalue weighted by atomic mass is 32.2. The molecule has 84 valence electrons. The van der Waals surface area contributed by atoms with Crippen LogP contribution >= 0.6 is 11.8 Å². The van der Waals surface area contributed by atoms with E-state index < -0.39 is 6.43 Å². The van der Waals surface area contributed by atoms with Gasteiger partial charge in [-0.25, -0.2) is 8.78 Å². The van der Waals surface area contributed by atoms with Crippen LogP contribution < -0.4 is 4.90 Å². The summed E-state index contributed by atoms with van der Waals surface area (Å²) >= 11 is 1.04. The summed E-state index contributed by atoms with van der Waals surface area (Å²) < 4.78 is 25.4. The van der Waals surface area contributed by atoms with E-state index in [0.29, 0.717) is 0 Å². The maximum atomic E-state index is 12.7. The summed E-state index contributed by atoms with van der Waals surface area (Å²) in [6.07, 6.45) is -2.65. The van der Waals surface area contributed by atoms with Crippen molar-refractivity contribution in [1.82, 2.24) is 0 Å². The van der Waals surface area contributed by atoms with Crippen LogP contribution in [0.15, 0.2) is 24.3 Å². The summed E-state index contributed by atoms with van der Waals surface area (Å²) in [4.78, 5) is 12.5. The molecule has 0 unspecified atom stereocenters. The number of amidine groups is 1. The predicted octanol–water partition coefficient (Wildman–Crippen LogP) is 2.64.